The maximum absolute atomic E-state index is 14.3. The Morgan fingerprint density at radius 3 is 2.62 bits per heavy atom. The second kappa shape index (κ2) is 10.2. The molecule has 208 valence electrons. The number of hydrogen-bond donors (Lipinski definition) is 1. The lowest BCUT2D eigenvalue weighted by Gasteiger charge is -2.35. The van der Waals surface area contributed by atoms with Gasteiger partial charge in [0.1, 0.15) is 6.26 Å². The highest BCUT2D eigenvalue weighted by atomic mass is 19.4. The molecule has 2 aromatic rings. The third kappa shape index (κ3) is 5.02. The fourth-order valence-corrected chi connectivity index (χ4v) is 6.46. The molecule has 1 aliphatic carbocycles. The van der Waals surface area contributed by atoms with E-state index in [0.29, 0.717) is 29.6 Å². The van der Waals surface area contributed by atoms with Crippen molar-refractivity contribution in [3.8, 4) is 0 Å². The number of fused-ring (bicyclic) bond motifs is 1. The van der Waals surface area contributed by atoms with Gasteiger partial charge in [-0.1, -0.05) is 30.6 Å². The van der Waals surface area contributed by atoms with Crippen molar-refractivity contribution >= 4 is 5.69 Å². The molecule has 9 heteroatoms. The van der Waals surface area contributed by atoms with E-state index in [0.717, 1.165) is 55.6 Å². The molecule has 0 bridgehead atoms. The summed E-state index contributed by atoms with van der Waals surface area (Å²) in [5.74, 6) is 0.992. The van der Waals surface area contributed by atoms with Crippen LogP contribution in [0.15, 0.2) is 70.4 Å². The molecule has 3 aliphatic heterocycles. The Morgan fingerprint density at radius 1 is 1.13 bits per heavy atom. The van der Waals surface area contributed by atoms with Crippen LogP contribution in [-0.2, 0) is 0 Å². The number of rotatable bonds is 6. The number of benzene rings is 1. The van der Waals surface area contributed by atoms with Gasteiger partial charge in [-0.2, -0.15) is 13.2 Å². The van der Waals surface area contributed by atoms with Gasteiger partial charge in [-0.3, -0.25) is 4.90 Å². The molecule has 0 radical (unpaired) electrons. The Kier molecular flexibility index (Phi) is 6.83. The molecule has 4 aliphatic rings. The SMILES string of the molecule is Cc1conc1[C@@H](c1cccc(N2C=C3C(C(F)(F)F)=CC(CN4CCC[C@H](C)C4)=CN3C2O)c1)C1CCC1. The average molecular weight is 541 g/mol. The van der Waals surface area contributed by atoms with Gasteiger partial charge in [0.05, 0.1) is 17.0 Å². The van der Waals surface area contributed by atoms with Crippen molar-refractivity contribution < 1.29 is 22.8 Å². The number of allylic oxidation sites excluding steroid dienone is 1. The van der Waals surface area contributed by atoms with Crippen LogP contribution < -0.4 is 4.90 Å². The topological polar surface area (TPSA) is 56.0 Å². The van der Waals surface area contributed by atoms with Gasteiger partial charge in [0.2, 0.25) is 6.35 Å². The van der Waals surface area contributed by atoms with Crippen molar-refractivity contribution in [2.24, 2.45) is 11.8 Å². The van der Waals surface area contributed by atoms with E-state index in [2.05, 4.69) is 17.0 Å². The van der Waals surface area contributed by atoms with Gasteiger partial charge in [0.15, 0.2) is 0 Å². The average Bonchev–Trinajstić information content (AvgIpc) is 3.43. The summed E-state index contributed by atoms with van der Waals surface area (Å²) >= 11 is 0. The lowest BCUT2D eigenvalue weighted by molar-refractivity contribution is -0.0924. The maximum atomic E-state index is 14.3. The zero-order valence-corrected chi connectivity index (χ0v) is 22.4. The largest absolute Gasteiger partial charge is 0.418 e. The maximum Gasteiger partial charge on any atom is 0.418 e. The third-order valence-corrected chi connectivity index (χ3v) is 8.63. The van der Waals surface area contributed by atoms with Crippen LogP contribution in [-0.4, -0.2) is 52.2 Å². The standard InChI is InChI=1S/C30H35F3N4O2/c1-19-6-5-11-35(14-19)15-21-12-25(30(31,32)33)26-17-36(29(38)37(26)16-21)24-10-4-9-23(13-24)27(22-7-3-8-22)28-20(2)18-39-34-28/h4,9-10,12-13,16-19,22,27,29,38H,3,5-8,11,14-15H2,1-2H3/t19-,27+,29?/m0/s1. The van der Waals surface area contributed by atoms with Gasteiger partial charge in [-0.15, -0.1) is 0 Å². The van der Waals surface area contributed by atoms with Crippen LogP contribution in [0.2, 0.25) is 0 Å². The van der Waals surface area contributed by atoms with Crippen LogP contribution in [0, 0.1) is 18.8 Å². The second-order valence-electron chi connectivity index (χ2n) is 11.6. The highest BCUT2D eigenvalue weighted by molar-refractivity contribution is 5.59. The molecule has 6 nitrogen and oxygen atoms in total. The van der Waals surface area contributed by atoms with Crippen LogP contribution >= 0.6 is 0 Å². The lowest BCUT2D eigenvalue weighted by atomic mass is 9.71. The molecule has 2 fully saturated rings. The molecule has 0 amide bonds. The highest BCUT2D eigenvalue weighted by Gasteiger charge is 2.45. The van der Waals surface area contributed by atoms with Gasteiger partial charge in [-0.25, -0.2) is 0 Å². The molecular weight excluding hydrogens is 505 g/mol. The number of aryl methyl sites for hydroxylation is 1. The minimum Gasteiger partial charge on any atom is -0.364 e. The first-order chi connectivity index (χ1) is 18.7. The summed E-state index contributed by atoms with van der Waals surface area (Å²) in [6.07, 6.45) is 5.69. The molecular formula is C30H35F3N4O2. The Labute approximate surface area is 227 Å². The number of aliphatic hydroxyl groups is 1. The lowest BCUT2D eigenvalue weighted by Crippen LogP contribution is -2.40. The number of alkyl halides is 3. The van der Waals surface area contributed by atoms with Crippen LogP contribution in [0.25, 0.3) is 0 Å². The summed E-state index contributed by atoms with van der Waals surface area (Å²) in [5, 5.41) is 15.6. The van der Waals surface area contributed by atoms with E-state index in [4.69, 9.17) is 4.52 Å². The molecule has 6 rings (SSSR count). The fourth-order valence-electron chi connectivity index (χ4n) is 6.46. The number of aliphatic hydroxyl groups excluding tert-OH is 1. The van der Waals surface area contributed by atoms with E-state index >= 15 is 0 Å². The number of nitrogens with zero attached hydrogens (tertiary/aromatic N) is 4. The smallest absolute Gasteiger partial charge is 0.364 e. The number of likely N-dealkylation sites (tertiary alicyclic amines) is 1. The molecule has 3 atom stereocenters. The first-order valence-electron chi connectivity index (χ1n) is 13.9. The zero-order chi connectivity index (χ0) is 27.3. The normalized spacial score (nSPS) is 25.1. The van der Waals surface area contributed by atoms with Gasteiger partial charge in [0, 0.05) is 42.7 Å². The van der Waals surface area contributed by atoms with E-state index in [1.165, 1.54) is 28.5 Å². The molecule has 1 N–H and O–H groups in total. The van der Waals surface area contributed by atoms with Crippen molar-refractivity contribution in [2.45, 2.75) is 64.4 Å². The predicted octanol–water partition coefficient (Wildman–Crippen LogP) is 6.27. The number of piperidine rings is 1. The monoisotopic (exact) mass is 540 g/mol. The van der Waals surface area contributed by atoms with E-state index in [-0.39, 0.29) is 11.6 Å². The van der Waals surface area contributed by atoms with E-state index in [1.807, 2.05) is 31.2 Å². The molecule has 1 saturated carbocycles. The number of aromatic nitrogens is 1. The molecule has 1 aromatic carbocycles. The van der Waals surface area contributed by atoms with Crippen molar-refractivity contribution in [1.82, 2.24) is 15.0 Å². The second-order valence-corrected chi connectivity index (χ2v) is 11.6. The molecule has 0 spiro atoms. The third-order valence-electron chi connectivity index (χ3n) is 8.63. The van der Waals surface area contributed by atoms with Crippen LogP contribution in [0.3, 0.4) is 0 Å². The van der Waals surface area contributed by atoms with Crippen LogP contribution in [0.4, 0.5) is 18.9 Å². The fraction of sp³-hybridized carbons (Fsp3) is 0.500. The zero-order valence-electron chi connectivity index (χ0n) is 22.4. The van der Waals surface area contributed by atoms with Gasteiger partial charge in [0.25, 0.3) is 0 Å². The summed E-state index contributed by atoms with van der Waals surface area (Å²) in [5.41, 5.74) is 3.32. The quantitative estimate of drug-likeness (QED) is 0.466. The van der Waals surface area contributed by atoms with Crippen molar-refractivity contribution in [1.29, 1.82) is 0 Å². The Hall–Kier alpha value is -3.04. The van der Waals surface area contributed by atoms with Gasteiger partial charge in [-0.05, 0) is 80.3 Å². The van der Waals surface area contributed by atoms with Crippen LogP contribution in [0.1, 0.15) is 61.8 Å². The van der Waals surface area contributed by atoms with Gasteiger partial charge >= 0.3 is 6.18 Å². The van der Waals surface area contributed by atoms with Crippen LogP contribution in [0.5, 0.6) is 0 Å². The van der Waals surface area contributed by atoms with E-state index in [9.17, 15) is 18.3 Å². The Morgan fingerprint density at radius 2 is 1.95 bits per heavy atom. The van der Waals surface area contributed by atoms with Crippen molar-refractivity contribution in [3.05, 3.63) is 82.7 Å². The minimum atomic E-state index is -4.55. The summed E-state index contributed by atoms with van der Waals surface area (Å²) in [6, 6.07) is 7.72. The van der Waals surface area contributed by atoms with E-state index < -0.39 is 18.1 Å². The molecule has 1 saturated heterocycles. The summed E-state index contributed by atoms with van der Waals surface area (Å²) in [6.45, 7) is 6.32. The summed E-state index contributed by atoms with van der Waals surface area (Å²) < 4.78 is 48.0. The Balaban J connectivity index is 1.31. The Bertz CT molecular complexity index is 1310. The first kappa shape index (κ1) is 26.2. The first-order valence-corrected chi connectivity index (χ1v) is 13.9. The highest BCUT2D eigenvalue weighted by Crippen LogP contribution is 2.46. The summed E-state index contributed by atoms with van der Waals surface area (Å²) in [4.78, 5) is 5.08. The minimum absolute atomic E-state index is 0.0384. The summed E-state index contributed by atoms with van der Waals surface area (Å²) in [7, 11) is 0. The van der Waals surface area contributed by atoms with Crippen molar-refractivity contribution in [3.63, 3.8) is 0 Å². The number of halogens is 3. The number of anilines is 1. The molecule has 4 heterocycles. The number of hydrogen-bond acceptors (Lipinski definition) is 6. The van der Waals surface area contributed by atoms with E-state index in [1.54, 1.807) is 12.5 Å². The predicted molar refractivity (Wildman–Crippen MR) is 142 cm³/mol. The molecule has 1 unspecified atom stereocenters. The van der Waals surface area contributed by atoms with Crippen molar-refractivity contribution in [2.75, 3.05) is 24.5 Å². The molecule has 39 heavy (non-hydrogen) atoms. The van der Waals surface area contributed by atoms with Gasteiger partial charge < -0.3 is 19.4 Å². The molecule has 1 aromatic heterocycles.